The van der Waals surface area contributed by atoms with Crippen LogP contribution in [0.15, 0.2) is 0 Å². The Labute approximate surface area is 92.5 Å². The van der Waals surface area contributed by atoms with Crippen LogP contribution < -0.4 is 0 Å². The average molecular weight is 213 g/mol. The number of likely N-dealkylation sites (tertiary alicyclic amines) is 1. The minimum atomic E-state index is -0.283. The molecule has 0 aromatic carbocycles. The molecule has 3 heteroatoms. The van der Waals surface area contributed by atoms with Crippen LogP contribution in [0.4, 0.5) is 0 Å². The maximum absolute atomic E-state index is 11.6. The van der Waals surface area contributed by atoms with Crippen LogP contribution >= 0.6 is 0 Å². The second-order valence-electron chi connectivity index (χ2n) is 4.45. The van der Waals surface area contributed by atoms with Crippen molar-refractivity contribution in [2.24, 2.45) is 0 Å². The number of hydrogen-bond acceptors (Lipinski definition) is 2. The van der Waals surface area contributed by atoms with E-state index in [2.05, 4.69) is 6.92 Å². The molecular formula is C12H23NO2. The highest BCUT2D eigenvalue weighted by molar-refractivity contribution is 5.76. The number of nitrogens with zero attached hydrogens (tertiary/aromatic N) is 1. The van der Waals surface area contributed by atoms with Crippen molar-refractivity contribution in [2.45, 2.75) is 58.0 Å². The highest BCUT2D eigenvalue weighted by Crippen LogP contribution is 2.12. The van der Waals surface area contributed by atoms with Crippen LogP contribution in [-0.2, 0) is 4.79 Å². The fraction of sp³-hybridized carbons (Fsp3) is 0.917. The molecule has 0 saturated carbocycles. The molecule has 1 fully saturated rings. The first-order valence-corrected chi connectivity index (χ1v) is 6.20. The molecule has 0 aromatic rings. The molecule has 88 valence electrons. The van der Waals surface area contributed by atoms with Gasteiger partial charge in [-0.2, -0.15) is 0 Å². The zero-order chi connectivity index (χ0) is 11.1. The SMILES string of the molecule is CCCCCCCC(=O)N1CC[C@H](O)C1. The predicted octanol–water partition coefficient (Wildman–Crippen LogP) is 1.94. The summed E-state index contributed by atoms with van der Waals surface area (Å²) in [6.07, 6.45) is 7.06. The lowest BCUT2D eigenvalue weighted by Crippen LogP contribution is -2.29. The zero-order valence-corrected chi connectivity index (χ0v) is 9.74. The molecule has 1 aliphatic rings. The molecule has 1 amide bonds. The maximum atomic E-state index is 11.6. The van der Waals surface area contributed by atoms with Gasteiger partial charge < -0.3 is 10.0 Å². The molecule has 1 atom stereocenters. The second-order valence-corrected chi connectivity index (χ2v) is 4.45. The van der Waals surface area contributed by atoms with Crippen LogP contribution in [0, 0.1) is 0 Å². The highest BCUT2D eigenvalue weighted by atomic mass is 16.3. The van der Waals surface area contributed by atoms with Gasteiger partial charge in [0.2, 0.25) is 5.91 Å². The summed E-state index contributed by atoms with van der Waals surface area (Å²) in [4.78, 5) is 13.4. The van der Waals surface area contributed by atoms with Crippen molar-refractivity contribution >= 4 is 5.91 Å². The molecule has 3 nitrogen and oxygen atoms in total. The van der Waals surface area contributed by atoms with Gasteiger partial charge in [-0.1, -0.05) is 32.6 Å². The van der Waals surface area contributed by atoms with E-state index in [1.54, 1.807) is 4.90 Å². The normalized spacial score (nSPS) is 20.9. The molecule has 0 aliphatic carbocycles. The first-order chi connectivity index (χ1) is 7.24. The van der Waals surface area contributed by atoms with Crippen LogP contribution in [-0.4, -0.2) is 35.1 Å². The third kappa shape index (κ3) is 4.65. The third-order valence-electron chi connectivity index (χ3n) is 3.01. The molecule has 1 N–H and O–H groups in total. The predicted molar refractivity (Wildman–Crippen MR) is 60.6 cm³/mol. The Balaban J connectivity index is 2.03. The van der Waals surface area contributed by atoms with Crippen LogP contribution in [0.25, 0.3) is 0 Å². The molecule has 0 radical (unpaired) electrons. The van der Waals surface area contributed by atoms with Crippen molar-refractivity contribution in [2.75, 3.05) is 13.1 Å². The fourth-order valence-electron chi connectivity index (χ4n) is 2.01. The van der Waals surface area contributed by atoms with Gasteiger partial charge in [-0.05, 0) is 12.8 Å². The van der Waals surface area contributed by atoms with E-state index in [-0.39, 0.29) is 12.0 Å². The summed E-state index contributed by atoms with van der Waals surface area (Å²) in [6.45, 7) is 3.49. The van der Waals surface area contributed by atoms with Crippen molar-refractivity contribution < 1.29 is 9.90 Å². The van der Waals surface area contributed by atoms with Crippen molar-refractivity contribution in [1.29, 1.82) is 0 Å². The van der Waals surface area contributed by atoms with Gasteiger partial charge in [0.25, 0.3) is 0 Å². The molecule has 0 unspecified atom stereocenters. The summed E-state index contributed by atoms with van der Waals surface area (Å²) >= 11 is 0. The summed E-state index contributed by atoms with van der Waals surface area (Å²) in [5, 5.41) is 9.30. The Morgan fingerprint density at radius 2 is 2.07 bits per heavy atom. The van der Waals surface area contributed by atoms with E-state index < -0.39 is 0 Å². The van der Waals surface area contributed by atoms with Crippen molar-refractivity contribution in [3.05, 3.63) is 0 Å². The molecule has 1 aliphatic heterocycles. The van der Waals surface area contributed by atoms with Gasteiger partial charge in [-0.3, -0.25) is 4.79 Å². The summed E-state index contributed by atoms with van der Waals surface area (Å²) in [5.74, 6) is 0.225. The Morgan fingerprint density at radius 3 is 2.67 bits per heavy atom. The van der Waals surface area contributed by atoms with Gasteiger partial charge in [-0.25, -0.2) is 0 Å². The van der Waals surface area contributed by atoms with Crippen molar-refractivity contribution in [3.63, 3.8) is 0 Å². The third-order valence-corrected chi connectivity index (χ3v) is 3.01. The summed E-state index contributed by atoms with van der Waals surface area (Å²) < 4.78 is 0. The number of carbonyl (C=O) groups excluding carboxylic acids is 1. The molecule has 1 rings (SSSR count). The van der Waals surface area contributed by atoms with E-state index in [9.17, 15) is 9.90 Å². The van der Waals surface area contributed by atoms with Gasteiger partial charge in [0.1, 0.15) is 0 Å². The van der Waals surface area contributed by atoms with Gasteiger partial charge in [0.05, 0.1) is 6.10 Å². The van der Waals surface area contributed by atoms with Gasteiger partial charge in [0.15, 0.2) is 0 Å². The molecule has 1 heterocycles. The van der Waals surface area contributed by atoms with Crippen LogP contribution in [0.3, 0.4) is 0 Å². The average Bonchev–Trinajstić information content (AvgIpc) is 2.64. The topological polar surface area (TPSA) is 40.5 Å². The van der Waals surface area contributed by atoms with E-state index in [0.717, 1.165) is 25.8 Å². The Hall–Kier alpha value is -0.570. The molecular weight excluding hydrogens is 190 g/mol. The zero-order valence-electron chi connectivity index (χ0n) is 9.74. The Kier molecular flexibility index (Phi) is 5.69. The number of hydrogen-bond donors (Lipinski definition) is 1. The van der Waals surface area contributed by atoms with Crippen molar-refractivity contribution in [3.8, 4) is 0 Å². The smallest absolute Gasteiger partial charge is 0.222 e. The van der Waals surface area contributed by atoms with E-state index in [4.69, 9.17) is 0 Å². The number of rotatable bonds is 6. The molecule has 0 aromatic heterocycles. The number of aliphatic hydroxyl groups is 1. The Bertz CT molecular complexity index is 194. The largest absolute Gasteiger partial charge is 0.391 e. The first-order valence-electron chi connectivity index (χ1n) is 6.20. The fourth-order valence-corrected chi connectivity index (χ4v) is 2.01. The molecule has 1 saturated heterocycles. The summed E-state index contributed by atoms with van der Waals surface area (Å²) in [5.41, 5.74) is 0. The van der Waals surface area contributed by atoms with E-state index in [1.807, 2.05) is 0 Å². The lowest BCUT2D eigenvalue weighted by molar-refractivity contribution is -0.130. The van der Waals surface area contributed by atoms with Crippen LogP contribution in [0.1, 0.15) is 51.9 Å². The number of unbranched alkanes of at least 4 members (excludes halogenated alkanes) is 4. The minimum absolute atomic E-state index is 0.225. The summed E-state index contributed by atoms with van der Waals surface area (Å²) in [7, 11) is 0. The maximum Gasteiger partial charge on any atom is 0.222 e. The molecule has 15 heavy (non-hydrogen) atoms. The number of carbonyl (C=O) groups is 1. The van der Waals surface area contributed by atoms with Crippen LogP contribution in [0.5, 0.6) is 0 Å². The number of aliphatic hydroxyl groups excluding tert-OH is 1. The molecule has 0 bridgehead atoms. The monoisotopic (exact) mass is 213 g/mol. The lowest BCUT2D eigenvalue weighted by Gasteiger charge is -2.15. The minimum Gasteiger partial charge on any atom is -0.391 e. The van der Waals surface area contributed by atoms with E-state index in [0.29, 0.717) is 13.0 Å². The van der Waals surface area contributed by atoms with Crippen molar-refractivity contribution in [1.82, 2.24) is 4.90 Å². The van der Waals surface area contributed by atoms with Gasteiger partial charge in [-0.15, -0.1) is 0 Å². The standard InChI is InChI=1S/C12H23NO2/c1-2-3-4-5-6-7-12(15)13-9-8-11(14)10-13/h11,14H,2-10H2,1H3/t11-/m0/s1. The highest BCUT2D eigenvalue weighted by Gasteiger charge is 2.23. The first kappa shape index (κ1) is 12.5. The lowest BCUT2D eigenvalue weighted by atomic mass is 10.1. The van der Waals surface area contributed by atoms with E-state index >= 15 is 0 Å². The van der Waals surface area contributed by atoms with E-state index in [1.165, 1.54) is 19.3 Å². The van der Waals surface area contributed by atoms with Gasteiger partial charge >= 0.3 is 0 Å². The number of amides is 1. The Morgan fingerprint density at radius 1 is 1.33 bits per heavy atom. The number of β-amino-alcohol motifs (C(OH)–C–C–N with tert-alkyl or cyclic N) is 1. The molecule has 0 spiro atoms. The second kappa shape index (κ2) is 6.83. The van der Waals surface area contributed by atoms with Crippen LogP contribution in [0.2, 0.25) is 0 Å². The van der Waals surface area contributed by atoms with Gasteiger partial charge in [0, 0.05) is 19.5 Å². The summed E-state index contributed by atoms with van der Waals surface area (Å²) in [6, 6.07) is 0. The quantitative estimate of drug-likeness (QED) is 0.685.